The van der Waals surface area contributed by atoms with Crippen LogP contribution >= 0.6 is 27.5 Å². The van der Waals surface area contributed by atoms with Gasteiger partial charge in [0.15, 0.2) is 6.61 Å². The Morgan fingerprint density at radius 1 is 1.46 bits per heavy atom. The van der Waals surface area contributed by atoms with E-state index < -0.39 is 10.8 Å². The van der Waals surface area contributed by atoms with Gasteiger partial charge in [-0.2, -0.15) is 5.10 Å². The van der Waals surface area contributed by atoms with Gasteiger partial charge in [0.1, 0.15) is 11.5 Å². The van der Waals surface area contributed by atoms with Crippen molar-refractivity contribution in [2.45, 2.75) is 6.92 Å². The second-order valence-corrected chi connectivity index (χ2v) is 6.38. The number of hydrogen-bond acceptors (Lipinski definition) is 6. The van der Waals surface area contributed by atoms with Crippen molar-refractivity contribution >= 4 is 45.3 Å². The summed E-state index contributed by atoms with van der Waals surface area (Å²) >= 11 is 8.92. The summed E-state index contributed by atoms with van der Waals surface area (Å²) in [5.41, 5.74) is 2.86. The van der Waals surface area contributed by atoms with Crippen molar-refractivity contribution in [2.24, 2.45) is 5.10 Å². The first kappa shape index (κ1) is 19.7. The Morgan fingerprint density at radius 2 is 2.19 bits per heavy atom. The first-order chi connectivity index (χ1) is 12.3. The first-order valence-corrected chi connectivity index (χ1v) is 8.32. The lowest BCUT2D eigenvalue weighted by Crippen LogP contribution is -2.24. The lowest BCUT2D eigenvalue weighted by atomic mass is 10.2. The van der Waals surface area contributed by atoms with Gasteiger partial charge in [0.05, 0.1) is 15.6 Å². The topological polar surface area (TPSA) is 114 Å². The Morgan fingerprint density at radius 3 is 2.85 bits per heavy atom. The van der Waals surface area contributed by atoms with Crippen molar-refractivity contribution in [3.05, 3.63) is 61.1 Å². The van der Waals surface area contributed by atoms with Gasteiger partial charge in [0, 0.05) is 22.7 Å². The summed E-state index contributed by atoms with van der Waals surface area (Å²) in [7, 11) is 0. The molecule has 0 spiro atoms. The van der Waals surface area contributed by atoms with Crippen molar-refractivity contribution in [1.29, 1.82) is 0 Å². The van der Waals surface area contributed by atoms with Gasteiger partial charge in [0.25, 0.3) is 11.6 Å². The van der Waals surface area contributed by atoms with E-state index in [4.69, 9.17) is 16.3 Å². The fourth-order valence-corrected chi connectivity index (χ4v) is 2.45. The maximum Gasteiger partial charge on any atom is 0.277 e. The second-order valence-electron chi connectivity index (χ2n) is 5.12. The molecule has 0 aliphatic rings. The summed E-state index contributed by atoms with van der Waals surface area (Å²) in [5, 5.41) is 24.9. The summed E-state index contributed by atoms with van der Waals surface area (Å²) in [6, 6.07) is 7.27. The number of halogens is 2. The molecule has 8 nitrogen and oxygen atoms in total. The molecule has 0 saturated carbocycles. The molecule has 0 unspecified atom stereocenters. The highest BCUT2D eigenvalue weighted by Gasteiger charge is 2.13. The average Bonchev–Trinajstić information content (AvgIpc) is 2.59. The molecule has 0 saturated heterocycles. The average molecular weight is 443 g/mol. The van der Waals surface area contributed by atoms with Crippen LogP contribution in [-0.2, 0) is 4.79 Å². The number of nitrogens with zero attached hydrogens (tertiary/aromatic N) is 2. The highest BCUT2D eigenvalue weighted by molar-refractivity contribution is 9.10. The van der Waals surface area contributed by atoms with Crippen molar-refractivity contribution in [2.75, 3.05) is 6.61 Å². The number of nitro benzene ring substituents is 1. The molecule has 2 rings (SSSR count). The predicted molar refractivity (Wildman–Crippen MR) is 99.9 cm³/mol. The molecular weight excluding hydrogens is 430 g/mol. The number of rotatable bonds is 6. The lowest BCUT2D eigenvalue weighted by Gasteiger charge is -2.06. The summed E-state index contributed by atoms with van der Waals surface area (Å²) in [4.78, 5) is 21.9. The highest BCUT2D eigenvalue weighted by atomic mass is 79.9. The zero-order chi connectivity index (χ0) is 19.3. The van der Waals surface area contributed by atoms with Crippen LogP contribution in [0.2, 0.25) is 5.02 Å². The van der Waals surface area contributed by atoms with Gasteiger partial charge in [-0.05, 0) is 46.6 Å². The molecule has 1 amide bonds. The van der Waals surface area contributed by atoms with E-state index in [0.29, 0.717) is 10.8 Å². The summed E-state index contributed by atoms with van der Waals surface area (Å²) in [5.74, 6) is -0.300. The van der Waals surface area contributed by atoms with Crippen molar-refractivity contribution in [1.82, 2.24) is 5.43 Å². The van der Waals surface area contributed by atoms with Gasteiger partial charge in [-0.3, -0.25) is 14.9 Å². The fourth-order valence-electron chi connectivity index (χ4n) is 1.87. The van der Waals surface area contributed by atoms with E-state index in [1.807, 2.05) is 6.92 Å². The van der Waals surface area contributed by atoms with E-state index in [-0.39, 0.29) is 28.1 Å². The Hall–Kier alpha value is -2.65. The fraction of sp³-hybridized carbons (Fsp3) is 0.125. The lowest BCUT2D eigenvalue weighted by molar-refractivity contribution is -0.385. The quantitative estimate of drug-likeness (QED) is 0.403. The van der Waals surface area contributed by atoms with Crippen LogP contribution in [0.25, 0.3) is 0 Å². The van der Waals surface area contributed by atoms with Crippen LogP contribution in [0, 0.1) is 17.0 Å². The predicted octanol–water partition coefficient (Wildman–Crippen LogP) is 3.55. The third kappa shape index (κ3) is 5.17. The Balaban J connectivity index is 1.96. The number of aromatic hydroxyl groups is 1. The first-order valence-electron chi connectivity index (χ1n) is 7.15. The van der Waals surface area contributed by atoms with Crippen LogP contribution in [-0.4, -0.2) is 28.8 Å². The van der Waals surface area contributed by atoms with Gasteiger partial charge < -0.3 is 9.84 Å². The van der Waals surface area contributed by atoms with Crippen molar-refractivity contribution < 1.29 is 19.6 Å². The maximum atomic E-state index is 11.7. The third-order valence-electron chi connectivity index (χ3n) is 3.18. The number of non-ortho nitro benzene ring substituents is 1. The number of hydrazone groups is 1. The number of carbonyl (C=O) groups excluding carboxylic acids is 1. The SMILES string of the molecule is Cc1cc(OCC(=O)N/N=C\c2cc([N+](=O)[O-])cc(Br)c2O)ccc1Cl. The van der Waals surface area contributed by atoms with E-state index in [2.05, 4.69) is 26.5 Å². The van der Waals surface area contributed by atoms with Crippen LogP contribution < -0.4 is 10.2 Å². The molecule has 2 aromatic rings. The zero-order valence-electron chi connectivity index (χ0n) is 13.4. The van der Waals surface area contributed by atoms with Gasteiger partial charge in [-0.15, -0.1) is 0 Å². The zero-order valence-corrected chi connectivity index (χ0v) is 15.7. The molecule has 2 aromatic carbocycles. The maximum absolute atomic E-state index is 11.7. The summed E-state index contributed by atoms with van der Waals surface area (Å²) < 4.78 is 5.45. The minimum atomic E-state index is -0.609. The number of hydrogen-bond donors (Lipinski definition) is 2. The monoisotopic (exact) mass is 441 g/mol. The molecule has 0 aromatic heterocycles. The Labute approximate surface area is 161 Å². The molecule has 10 heteroatoms. The largest absolute Gasteiger partial charge is 0.506 e. The molecular formula is C16H13BrClN3O5. The molecule has 0 bridgehead atoms. The van der Waals surface area contributed by atoms with E-state index in [0.717, 1.165) is 23.9 Å². The van der Waals surface area contributed by atoms with Gasteiger partial charge in [-0.25, -0.2) is 5.43 Å². The molecule has 0 aliphatic heterocycles. The van der Waals surface area contributed by atoms with Crippen LogP contribution in [0.5, 0.6) is 11.5 Å². The van der Waals surface area contributed by atoms with Crippen molar-refractivity contribution in [3.8, 4) is 11.5 Å². The Kier molecular flexibility index (Phi) is 6.53. The molecule has 26 heavy (non-hydrogen) atoms. The number of amides is 1. The molecule has 0 fully saturated rings. The standard InChI is InChI=1S/C16H13BrClN3O5/c1-9-4-12(2-3-14(9)18)26-8-15(22)20-19-7-10-5-11(21(24)25)6-13(17)16(10)23/h2-7,23H,8H2,1H3,(H,20,22)/b19-7-. The van der Waals surface area contributed by atoms with E-state index in [1.165, 1.54) is 0 Å². The number of ether oxygens (including phenoxy) is 1. The highest BCUT2D eigenvalue weighted by Crippen LogP contribution is 2.31. The minimum Gasteiger partial charge on any atom is -0.506 e. The van der Waals surface area contributed by atoms with E-state index in [9.17, 15) is 20.0 Å². The summed E-state index contributed by atoms with van der Waals surface area (Å²) in [6.07, 6.45) is 1.09. The number of carbonyl (C=O) groups is 1. The number of phenols is 1. The molecule has 0 heterocycles. The van der Waals surface area contributed by atoms with Crippen LogP contribution in [0.1, 0.15) is 11.1 Å². The van der Waals surface area contributed by atoms with Gasteiger partial charge in [0.2, 0.25) is 0 Å². The normalized spacial score (nSPS) is 10.7. The molecule has 136 valence electrons. The van der Waals surface area contributed by atoms with Gasteiger partial charge >= 0.3 is 0 Å². The number of nitrogens with one attached hydrogen (secondary N) is 1. The second kappa shape index (κ2) is 8.63. The number of aryl methyl sites for hydroxylation is 1. The van der Waals surface area contributed by atoms with E-state index in [1.54, 1.807) is 18.2 Å². The molecule has 0 atom stereocenters. The molecule has 0 radical (unpaired) electrons. The Bertz CT molecular complexity index is 888. The van der Waals surface area contributed by atoms with Gasteiger partial charge in [-0.1, -0.05) is 11.6 Å². The van der Waals surface area contributed by atoms with Crippen molar-refractivity contribution in [3.63, 3.8) is 0 Å². The number of phenolic OH excluding ortho intramolecular Hbond substituents is 1. The number of benzene rings is 2. The smallest absolute Gasteiger partial charge is 0.277 e. The minimum absolute atomic E-state index is 0.0700. The van der Waals surface area contributed by atoms with Crippen LogP contribution in [0.3, 0.4) is 0 Å². The summed E-state index contributed by atoms with van der Waals surface area (Å²) in [6.45, 7) is 1.52. The van der Waals surface area contributed by atoms with Crippen LogP contribution in [0.15, 0.2) is 39.9 Å². The van der Waals surface area contributed by atoms with E-state index >= 15 is 0 Å². The molecule has 0 aliphatic carbocycles. The van der Waals surface area contributed by atoms with Crippen LogP contribution in [0.4, 0.5) is 5.69 Å². The molecule has 2 N–H and O–H groups in total. The number of nitro groups is 1. The third-order valence-corrected chi connectivity index (χ3v) is 4.21.